The maximum atomic E-state index is 11.2. The molecule has 0 aromatic carbocycles. The zero-order valence-electron chi connectivity index (χ0n) is 8.95. The van der Waals surface area contributed by atoms with Gasteiger partial charge in [0.2, 0.25) is 0 Å². The summed E-state index contributed by atoms with van der Waals surface area (Å²) in [4.78, 5) is 11.2. The first-order chi connectivity index (χ1) is 6.61. The predicted molar refractivity (Wildman–Crippen MR) is 56.8 cm³/mol. The first-order valence-electron chi connectivity index (χ1n) is 5.10. The summed E-state index contributed by atoms with van der Waals surface area (Å²) in [6.45, 7) is 7.91. The molecule has 0 amide bonds. The molecule has 0 saturated carbocycles. The summed E-state index contributed by atoms with van der Waals surface area (Å²) in [6, 6.07) is 0. The van der Waals surface area contributed by atoms with E-state index in [1.54, 1.807) is 6.92 Å². The average Bonchev–Trinajstić information content (AvgIpc) is 2.16. The van der Waals surface area contributed by atoms with Crippen LogP contribution in [0.1, 0.15) is 26.7 Å². The van der Waals surface area contributed by atoms with Crippen molar-refractivity contribution in [3.63, 3.8) is 0 Å². The van der Waals surface area contributed by atoms with E-state index < -0.39 is 0 Å². The molecule has 2 nitrogen and oxygen atoms in total. The van der Waals surface area contributed by atoms with Crippen LogP contribution < -0.4 is 0 Å². The van der Waals surface area contributed by atoms with Gasteiger partial charge >= 0.3 is 5.97 Å². The van der Waals surface area contributed by atoms with Gasteiger partial charge in [0.05, 0.1) is 6.61 Å². The third-order valence-corrected chi connectivity index (χ3v) is 2.66. The number of carbonyl (C=O) groups excluding carboxylic acids is 1. The van der Waals surface area contributed by atoms with E-state index in [1.165, 1.54) is 0 Å². The lowest BCUT2D eigenvalue weighted by atomic mass is 9.86. The summed E-state index contributed by atoms with van der Waals surface area (Å²) >= 11 is 0. The molecular weight excluding hydrogens is 176 g/mol. The molecule has 0 heterocycles. The Bertz CT molecular complexity index is 253. The van der Waals surface area contributed by atoms with E-state index in [1.807, 2.05) is 0 Å². The fourth-order valence-corrected chi connectivity index (χ4v) is 1.58. The lowest BCUT2D eigenvalue weighted by Gasteiger charge is -2.23. The lowest BCUT2D eigenvalue weighted by Crippen LogP contribution is -2.21. The fourth-order valence-electron chi connectivity index (χ4n) is 1.58. The van der Waals surface area contributed by atoms with E-state index in [0.29, 0.717) is 24.0 Å². The number of hydrogen-bond acceptors (Lipinski definition) is 2. The Morgan fingerprint density at radius 1 is 1.64 bits per heavy atom. The van der Waals surface area contributed by atoms with Crippen LogP contribution in [0.15, 0.2) is 24.3 Å². The van der Waals surface area contributed by atoms with E-state index in [4.69, 9.17) is 4.74 Å². The highest BCUT2D eigenvalue weighted by molar-refractivity contribution is 5.86. The van der Waals surface area contributed by atoms with E-state index in [0.717, 1.165) is 12.8 Å². The number of ether oxygens (including phenoxy) is 1. The molecule has 0 fully saturated rings. The third kappa shape index (κ3) is 3.02. The molecule has 1 rings (SSSR count). The standard InChI is InChI=1S/C12H18O2/c1-9(2)12(13)14-8-11-7-5-4-6-10(11)3/h4,6,10-11H,1,5,7-8H2,2-3H3. The molecule has 2 heteroatoms. The molecule has 0 saturated heterocycles. The molecule has 78 valence electrons. The van der Waals surface area contributed by atoms with Gasteiger partial charge < -0.3 is 4.74 Å². The first kappa shape index (κ1) is 11.0. The normalized spacial score (nSPS) is 25.9. The minimum Gasteiger partial charge on any atom is -0.462 e. The summed E-state index contributed by atoms with van der Waals surface area (Å²) in [5, 5.41) is 0. The zero-order chi connectivity index (χ0) is 10.6. The zero-order valence-corrected chi connectivity index (χ0v) is 8.95. The van der Waals surface area contributed by atoms with Crippen LogP contribution in [-0.2, 0) is 9.53 Å². The van der Waals surface area contributed by atoms with Crippen molar-refractivity contribution in [3.05, 3.63) is 24.3 Å². The van der Waals surface area contributed by atoms with Gasteiger partial charge in [0, 0.05) is 5.57 Å². The first-order valence-corrected chi connectivity index (χ1v) is 5.10. The summed E-state index contributed by atoms with van der Waals surface area (Å²) in [7, 11) is 0. The van der Waals surface area contributed by atoms with E-state index in [2.05, 4.69) is 25.7 Å². The van der Waals surface area contributed by atoms with Crippen LogP contribution in [0.25, 0.3) is 0 Å². The molecule has 1 aliphatic carbocycles. The molecule has 0 N–H and O–H groups in total. The third-order valence-electron chi connectivity index (χ3n) is 2.66. The molecule has 0 bridgehead atoms. The van der Waals surface area contributed by atoms with E-state index in [-0.39, 0.29) is 5.97 Å². The number of hydrogen-bond donors (Lipinski definition) is 0. The minimum absolute atomic E-state index is 0.272. The highest BCUT2D eigenvalue weighted by atomic mass is 16.5. The highest BCUT2D eigenvalue weighted by Crippen LogP contribution is 2.24. The number of allylic oxidation sites excluding steroid dienone is 2. The second-order valence-electron chi connectivity index (χ2n) is 4.00. The Kier molecular flexibility index (Phi) is 3.93. The van der Waals surface area contributed by atoms with Gasteiger partial charge in [0.15, 0.2) is 0 Å². The monoisotopic (exact) mass is 194 g/mol. The molecule has 0 spiro atoms. The van der Waals surface area contributed by atoms with Crippen LogP contribution in [0.5, 0.6) is 0 Å². The predicted octanol–water partition coefficient (Wildman–Crippen LogP) is 2.71. The number of esters is 1. The maximum absolute atomic E-state index is 11.2. The molecule has 1 aliphatic rings. The van der Waals surface area contributed by atoms with Crippen LogP contribution in [-0.4, -0.2) is 12.6 Å². The minimum atomic E-state index is -0.272. The second kappa shape index (κ2) is 4.99. The largest absolute Gasteiger partial charge is 0.462 e. The SMILES string of the molecule is C=C(C)C(=O)OCC1CCC=CC1C. The lowest BCUT2D eigenvalue weighted by molar-refractivity contribution is -0.140. The molecule has 14 heavy (non-hydrogen) atoms. The van der Waals surface area contributed by atoms with Gasteiger partial charge in [-0.1, -0.05) is 25.7 Å². The van der Waals surface area contributed by atoms with Crippen molar-refractivity contribution in [1.29, 1.82) is 0 Å². The number of rotatable bonds is 3. The average molecular weight is 194 g/mol. The second-order valence-corrected chi connectivity index (χ2v) is 4.00. The molecule has 0 aromatic heterocycles. The van der Waals surface area contributed by atoms with Crippen LogP contribution in [0.2, 0.25) is 0 Å². The molecule has 0 aromatic rings. The van der Waals surface area contributed by atoms with Crippen molar-refractivity contribution in [3.8, 4) is 0 Å². The van der Waals surface area contributed by atoms with Gasteiger partial charge in [0.1, 0.15) is 0 Å². The van der Waals surface area contributed by atoms with Crippen LogP contribution in [0.4, 0.5) is 0 Å². The van der Waals surface area contributed by atoms with Gasteiger partial charge in [-0.3, -0.25) is 0 Å². The molecule has 0 radical (unpaired) electrons. The highest BCUT2D eigenvalue weighted by Gasteiger charge is 2.19. The quantitative estimate of drug-likeness (QED) is 0.392. The van der Waals surface area contributed by atoms with Crippen molar-refractivity contribution >= 4 is 5.97 Å². The van der Waals surface area contributed by atoms with Crippen molar-refractivity contribution in [1.82, 2.24) is 0 Å². The summed E-state index contributed by atoms with van der Waals surface area (Å²) in [5.74, 6) is 0.719. The smallest absolute Gasteiger partial charge is 0.333 e. The van der Waals surface area contributed by atoms with Gasteiger partial charge in [-0.2, -0.15) is 0 Å². The van der Waals surface area contributed by atoms with Gasteiger partial charge in [0.25, 0.3) is 0 Å². The van der Waals surface area contributed by atoms with E-state index >= 15 is 0 Å². The van der Waals surface area contributed by atoms with Crippen molar-refractivity contribution < 1.29 is 9.53 Å². The van der Waals surface area contributed by atoms with Crippen molar-refractivity contribution in [2.45, 2.75) is 26.7 Å². The molecule has 2 atom stereocenters. The van der Waals surface area contributed by atoms with Crippen LogP contribution in [0, 0.1) is 11.8 Å². The molecule has 0 aliphatic heterocycles. The Labute approximate surface area is 85.6 Å². The van der Waals surface area contributed by atoms with Gasteiger partial charge in [-0.05, 0) is 31.6 Å². The summed E-state index contributed by atoms with van der Waals surface area (Å²) < 4.78 is 5.14. The Morgan fingerprint density at radius 3 is 2.93 bits per heavy atom. The summed E-state index contributed by atoms with van der Waals surface area (Å²) in [6.07, 6.45) is 6.60. The maximum Gasteiger partial charge on any atom is 0.333 e. The van der Waals surface area contributed by atoms with E-state index in [9.17, 15) is 4.79 Å². The van der Waals surface area contributed by atoms with Crippen molar-refractivity contribution in [2.24, 2.45) is 11.8 Å². The van der Waals surface area contributed by atoms with Gasteiger partial charge in [-0.25, -0.2) is 4.79 Å². The number of carbonyl (C=O) groups is 1. The fraction of sp³-hybridized carbons (Fsp3) is 0.583. The molecule has 2 unspecified atom stereocenters. The van der Waals surface area contributed by atoms with Crippen LogP contribution in [0.3, 0.4) is 0 Å². The Balaban J connectivity index is 2.34. The molecular formula is C12H18O2. The summed E-state index contributed by atoms with van der Waals surface area (Å²) in [5.41, 5.74) is 0.476. The Morgan fingerprint density at radius 2 is 2.36 bits per heavy atom. The van der Waals surface area contributed by atoms with Gasteiger partial charge in [-0.15, -0.1) is 0 Å². The van der Waals surface area contributed by atoms with Crippen LogP contribution >= 0.6 is 0 Å². The topological polar surface area (TPSA) is 26.3 Å². The van der Waals surface area contributed by atoms with Crippen molar-refractivity contribution in [2.75, 3.05) is 6.61 Å². The Hall–Kier alpha value is -1.05.